The summed E-state index contributed by atoms with van der Waals surface area (Å²) < 4.78 is 10.0. The molecule has 0 aliphatic heterocycles. The van der Waals surface area contributed by atoms with E-state index in [0.717, 1.165) is 12.8 Å². The van der Waals surface area contributed by atoms with Crippen molar-refractivity contribution in [3.8, 4) is 0 Å². The van der Waals surface area contributed by atoms with Crippen LogP contribution in [0.4, 0.5) is 0 Å². The highest BCUT2D eigenvalue weighted by Gasteiger charge is 1.96. The van der Waals surface area contributed by atoms with Crippen LogP contribution in [0.2, 0.25) is 0 Å². The molecule has 0 aromatic heterocycles. The van der Waals surface area contributed by atoms with Crippen LogP contribution in [0, 0.1) is 0 Å². The Morgan fingerprint density at radius 1 is 1.13 bits per heavy atom. The van der Waals surface area contributed by atoms with Crippen LogP contribution in [0.15, 0.2) is 0 Å². The Kier molecular flexibility index (Phi) is 17.8. The number of unbranched alkanes of at least 4 members (excludes halogenated alkanes) is 1. The van der Waals surface area contributed by atoms with E-state index in [0.29, 0.717) is 26.2 Å². The van der Waals surface area contributed by atoms with E-state index in [1.165, 1.54) is 0 Å². The molecule has 4 nitrogen and oxygen atoms in total. The van der Waals surface area contributed by atoms with Gasteiger partial charge in [0.15, 0.2) is 0 Å². The average Bonchev–Trinajstić information content (AvgIpc) is 2.30. The summed E-state index contributed by atoms with van der Waals surface area (Å²) in [4.78, 5) is 10.8. The van der Waals surface area contributed by atoms with Crippen LogP contribution < -0.4 is 5.32 Å². The number of carbonyl (C=O) groups excluding carboxylic acids is 1. The van der Waals surface area contributed by atoms with Crippen molar-refractivity contribution >= 4 is 5.91 Å². The third-order valence-corrected chi connectivity index (χ3v) is 1.65. The van der Waals surface area contributed by atoms with Gasteiger partial charge >= 0.3 is 0 Å². The lowest BCUT2D eigenvalue weighted by Gasteiger charge is -2.02. The van der Waals surface area contributed by atoms with Gasteiger partial charge in [0.1, 0.15) is 0 Å². The molecule has 0 heterocycles. The third-order valence-electron chi connectivity index (χ3n) is 1.65. The zero-order valence-electron chi connectivity index (χ0n) is 10.5. The highest BCUT2D eigenvalue weighted by molar-refractivity contribution is 5.75. The minimum Gasteiger partial charge on any atom is -0.382 e. The van der Waals surface area contributed by atoms with Crippen LogP contribution in [0.3, 0.4) is 0 Å². The first-order valence-corrected chi connectivity index (χ1v) is 5.58. The molecule has 0 saturated heterocycles. The molecule has 0 bridgehead atoms. The number of nitrogens with one attached hydrogen (secondary N) is 1. The number of carbonyl (C=O) groups is 1. The van der Waals surface area contributed by atoms with Gasteiger partial charge in [0.05, 0.1) is 13.2 Å². The van der Waals surface area contributed by atoms with Crippen LogP contribution in [0.1, 0.15) is 33.1 Å². The second kappa shape index (κ2) is 15.8. The van der Waals surface area contributed by atoms with Crippen molar-refractivity contribution in [2.24, 2.45) is 0 Å². The van der Waals surface area contributed by atoms with Crippen molar-refractivity contribution in [2.75, 3.05) is 34.0 Å². The molecular weight excluding hydrogens is 194 g/mol. The van der Waals surface area contributed by atoms with E-state index in [4.69, 9.17) is 9.47 Å². The average molecular weight is 219 g/mol. The predicted molar refractivity (Wildman–Crippen MR) is 62.0 cm³/mol. The summed E-state index contributed by atoms with van der Waals surface area (Å²) in [5.41, 5.74) is 0. The summed E-state index contributed by atoms with van der Waals surface area (Å²) in [7, 11) is 3.30. The molecule has 0 aliphatic rings. The highest BCUT2D eigenvalue weighted by atomic mass is 16.5. The smallest absolute Gasteiger partial charge is 0.219 e. The van der Waals surface area contributed by atoms with Gasteiger partial charge in [0, 0.05) is 27.2 Å². The SMILES string of the molecule is CC.CNC(=O)CCCCOCCOC. The standard InChI is InChI=1S/C9H19NO3.C2H6/c1-10-9(11)5-3-4-6-13-8-7-12-2;1-2/h3-8H2,1-2H3,(H,10,11);1-2H3. The van der Waals surface area contributed by atoms with Gasteiger partial charge in [-0.15, -0.1) is 0 Å². The maximum absolute atomic E-state index is 10.8. The maximum Gasteiger partial charge on any atom is 0.219 e. The summed E-state index contributed by atoms with van der Waals surface area (Å²) in [6.45, 7) is 5.98. The number of hydrogen-bond donors (Lipinski definition) is 1. The fourth-order valence-electron chi connectivity index (χ4n) is 0.859. The molecule has 0 saturated carbocycles. The summed E-state index contributed by atoms with van der Waals surface area (Å²) >= 11 is 0. The van der Waals surface area contributed by atoms with E-state index < -0.39 is 0 Å². The number of amides is 1. The highest BCUT2D eigenvalue weighted by Crippen LogP contribution is 1.95. The molecule has 0 spiro atoms. The molecule has 4 heteroatoms. The van der Waals surface area contributed by atoms with Crippen LogP contribution >= 0.6 is 0 Å². The topological polar surface area (TPSA) is 47.6 Å². The number of hydrogen-bond acceptors (Lipinski definition) is 3. The van der Waals surface area contributed by atoms with E-state index in [2.05, 4.69) is 5.32 Å². The minimum atomic E-state index is 0.0943. The maximum atomic E-state index is 10.8. The van der Waals surface area contributed by atoms with E-state index >= 15 is 0 Å². The zero-order valence-corrected chi connectivity index (χ0v) is 10.5. The molecule has 0 rings (SSSR count). The molecule has 0 aromatic carbocycles. The molecule has 92 valence electrons. The van der Waals surface area contributed by atoms with Gasteiger partial charge in [0.25, 0.3) is 0 Å². The van der Waals surface area contributed by atoms with Gasteiger partial charge < -0.3 is 14.8 Å². The Bertz CT molecular complexity index is 129. The molecule has 0 unspecified atom stereocenters. The molecule has 0 atom stereocenters. The van der Waals surface area contributed by atoms with E-state index in [9.17, 15) is 4.79 Å². The fourth-order valence-corrected chi connectivity index (χ4v) is 0.859. The summed E-state index contributed by atoms with van der Waals surface area (Å²) in [5, 5.41) is 2.58. The zero-order chi connectivity index (χ0) is 11.9. The summed E-state index contributed by atoms with van der Waals surface area (Å²) in [5.74, 6) is 0.0943. The number of methoxy groups -OCH3 is 1. The first-order valence-electron chi connectivity index (χ1n) is 5.58. The van der Waals surface area contributed by atoms with Gasteiger partial charge in [0.2, 0.25) is 5.91 Å². The van der Waals surface area contributed by atoms with Crippen molar-refractivity contribution in [1.29, 1.82) is 0 Å². The molecule has 0 aromatic rings. The molecule has 15 heavy (non-hydrogen) atoms. The Balaban J connectivity index is 0. The van der Waals surface area contributed by atoms with Crippen molar-refractivity contribution in [1.82, 2.24) is 5.32 Å². The van der Waals surface area contributed by atoms with Crippen LogP contribution in [-0.4, -0.2) is 39.9 Å². The summed E-state index contributed by atoms with van der Waals surface area (Å²) in [6.07, 6.45) is 2.40. The quantitative estimate of drug-likeness (QED) is 0.631. The van der Waals surface area contributed by atoms with Crippen LogP contribution in [-0.2, 0) is 14.3 Å². The Morgan fingerprint density at radius 2 is 1.80 bits per heavy atom. The van der Waals surface area contributed by atoms with E-state index in [-0.39, 0.29) is 5.91 Å². The number of rotatable bonds is 8. The largest absolute Gasteiger partial charge is 0.382 e. The lowest BCUT2D eigenvalue weighted by molar-refractivity contribution is -0.120. The molecular formula is C11H25NO3. The Labute approximate surface area is 93.3 Å². The lowest BCUT2D eigenvalue weighted by Crippen LogP contribution is -2.17. The fraction of sp³-hybridized carbons (Fsp3) is 0.909. The monoisotopic (exact) mass is 219 g/mol. The van der Waals surface area contributed by atoms with Crippen molar-refractivity contribution in [3.63, 3.8) is 0 Å². The first kappa shape index (κ1) is 16.8. The normalized spacial score (nSPS) is 9.07. The Hall–Kier alpha value is -0.610. The van der Waals surface area contributed by atoms with Gasteiger partial charge in [-0.05, 0) is 12.8 Å². The molecule has 1 amide bonds. The molecule has 0 radical (unpaired) electrons. The lowest BCUT2D eigenvalue weighted by atomic mass is 10.2. The predicted octanol–water partition coefficient (Wildman–Crippen LogP) is 1.59. The van der Waals surface area contributed by atoms with Crippen molar-refractivity contribution in [3.05, 3.63) is 0 Å². The molecule has 1 N–H and O–H groups in total. The van der Waals surface area contributed by atoms with Crippen LogP contribution in [0.5, 0.6) is 0 Å². The van der Waals surface area contributed by atoms with Crippen molar-refractivity contribution in [2.45, 2.75) is 33.1 Å². The summed E-state index contributed by atoms with van der Waals surface area (Å²) in [6, 6.07) is 0. The van der Waals surface area contributed by atoms with Crippen LogP contribution in [0.25, 0.3) is 0 Å². The van der Waals surface area contributed by atoms with E-state index in [1.54, 1.807) is 14.2 Å². The van der Waals surface area contributed by atoms with Gasteiger partial charge in [-0.3, -0.25) is 4.79 Å². The first-order chi connectivity index (χ1) is 7.31. The second-order valence-corrected chi connectivity index (χ2v) is 2.74. The minimum absolute atomic E-state index is 0.0943. The third kappa shape index (κ3) is 16.1. The van der Waals surface area contributed by atoms with Gasteiger partial charge in [-0.25, -0.2) is 0 Å². The van der Waals surface area contributed by atoms with Gasteiger partial charge in [-0.1, -0.05) is 13.8 Å². The van der Waals surface area contributed by atoms with E-state index in [1.807, 2.05) is 13.8 Å². The number of ether oxygens (including phenoxy) is 2. The van der Waals surface area contributed by atoms with Crippen molar-refractivity contribution < 1.29 is 14.3 Å². The second-order valence-electron chi connectivity index (χ2n) is 2.74. The van der Waals surface area contributed by atoms with Gasteiger partial charge in [-0.2, -0.15) is 0 Å². The molecule has 0 aliphatic carbocycles. The Morgan fingerprint density at radius 3 is 2.33 bits per heavy atom. The molecule has 0 fully saturated rings.